The molecule has 0 saturated heterocycles. The smallest absolute Gasteiger partial charge is 0.248 e. The minimum atomic E-state index is -0.475. The average molecular weight is 269 g/mol. The number of anilines is 3. The van der Waals surface area contributed by atoms with Crippen LogP contribution in [-0.4, -0.2) is 13.0 Å². The predicted molar refractivity (Wildman–Crippen MR) is 83.4 cm³/mol. The lowest BCUT2D eigenvalue weighted by Gasteiger charge is -2.23. The van der Waals surface area contributed by atoms with Gasteiger partial charge in [-0.1, -0.05) is 17.7 Å². The molecule has 0 radical (unpaired) electrons. The van der Waals surface area contributed by atoms with Crippen LogP contribution in [0.25, 0.3) is 0 Å². The van der Waals surface area contributed by atoms with Crippen molar-refractivity contribution in [2.24, 2.45) is 5.73 Å². The molecule has 0 aliphatic rings. The van der Waals surface area contributed by atoms with Crippen molar-refractivity contribution in [2.75, 3.05) is 17.7 Å². The van der Waals surface area contributed by atoms with Crippen LogP contribution in [-0.2, 0) is 0 Å². The summed E-state index contributed by atoms with van der Waals surface area (Å²) < 4.78 is 0. The Balaban J connectivity index is 2.43. The van der Waals surface area contributed by atoms with Gasteiger partial charge in [-0.25, -0.2) is 0 Å². The number of nitrogen functional groups attached to an aromatic ring is 1. The number of nitrogens with two attached hydrogens (primary N) is 2. The molecule has 0 fully saturated rings. The van der Waals surface area contributed by atoms with E-state index in [1.54, 1.807) is 12.1 Å². The second-order valence-electron chi connectivity index (χ2n) is 4.99. The fourth-order valence-electron chi connectivity index (χ4n) is 2.32. The van der Waals surface area contributed by atoms with Crippen molar-refractivity contribution < 1.29 is 4.79 Å². The summed E-state index contributed by atoms with van der Waals surface area (Å²) in [6.07, 6.45) is 0. The van der Waals surface area contributed by atoms with Crippen LogP contribution in [0.15, 0.2) is 36.4 Å². The lowest BCUT2D eigenvalue weighted by atomic mass is 10.1. The third-order valence-corrected chi connectivity index (χ3v) is 3.39. The Kier molecular flexibility index (Phi) is 3.66. The molecule has 0 aliphatic carbocycles. The van der Waals surface area contributed by atoms with Crippen LogP contribution in [0, 0.1) is 13.8 Å². The van der Waals surface area contributed by atoms with Gasteiger partial charge in [-0.2, -0.15) is 0 Å². The zero-order chi connectivity index (χ0) is 14.9. The summed E-state index contributed by atoms with van der Waals surface area (Å²) in [6, 6.07) is 11.4. The second kappa shape index (κ2) is 5.25. The number of amides is 1. The first-order valence-electron chi connectivity index (χ1n) is 6.40. The first-order valence-corrected chi connectivity index (χ1v) is 6.40. The standard InChI is InChI=1S/C16H19N3O/c1-10-4-6-14(11(2)8-10)19(3)15-7-5-12(16(18)20)9-13(15)17/h4-9H,17H2,1-3H3,(H2,18,20). The molecule has 2 aromatic rings. The highest BCUT2D eigenvalue weighted by molar-refractivity contribution is 5.95. The van der Waals surface area contributed by atoms with Gasteiger partial charge in [-0.15, -0.1) is 0 Å². The molecule has 0 spiro atoms. The first kappa shape index (κ1) is 13.9. The number of hydrogen-bond acceptors (Lipinski definition) is 3. The number of carbonyl (C=O) groups excluding carboxylic acids is 1. The highest BCUT2D eigenvalue weighted by Crippen LogP contribution is 2.31. The molecule has 4 heteroatoms. The van der Waals surface area contributed by atoms with Gasteiger partial charge in [0.2, 0.25) is 5.91 Å². The molecule has 4 N–H and O–H groups in total. The third kappa shape index (κ3) is 2.59. The highest BCUT2D eigenvalue weighted by Gasteiger charge is 2.11. The van der Waals surface area contributed by atoms with E-state index in [1.807, 2.05) is 18.0 Å². The summed E-state index contributed by atoms with van der Waals surface area (Å²) in [6.45, 7) is 4.12. The largest absolute Gasteiger partial charge is 0.397 e. The lowest BCUT2D eigenvalue weighted by molar-refractivity contribution is 0.100. The van der Waals surface area contributed by atoms with Crippen molar-refractivity contribution in [3.8, 4) is 0 Å². The molecule has 0 aliphatic heterocycles. The normalized spacial score (nSPS) is 10.3. The maximum Gasteiger partial charge on any atom is 0.248 e. The number of aryl methyl sites for hydroxylation is 2. The van der Waals surface area contributed by atoms with Crippen molar-refractivity contribution in [1.29, 1.82) is 0 Å². The Bertz CT molecular complexity index is 665. The SMILES string of the molecule is Cc1ccc(N(C)c2ccc(C(N)=O)cc2N)c(C)c1. The van der Waals surface area contributed by atoms with Gasteiger partial charge in [0.05, 0.1) is 11.4 Å². The number of benzene rings is 2. The van der Waals surface area contributed by atoms with Gasteiger partial charge in [0.15, 0.2) is 0 Å². The summed E-state index contributed by atoms with van der Waals surface area (Å²) in [5.41, 5.74) is 16.5. The van der Waals surface area contributed by atoms with Gasteiger partial charge in [0.25, 0.3) is 0 Å². The Morgan fingerprint density at radius 3 is 2.25 bits per heavy atom. The minimum Gasteiger partial charge on any atom is -0.397 e. The lowest BCUT2D eigenvalue weighted by Crippen LogP contribution is -2.15. The molecule has 0 atom stereocenters. The zero-order valence-electron chi connectivity index (χ0n) is 12.0. The van der Waals surface area contributed by atoms with E-state index in [-0.39, 0.29) is 0 Å². The molecular weight excluding hydrogens is 250 g/mol. The number of hydrogen-bond donors (Lipinski definition) is 2. The van der Waals surface area contributed by atoms with E-state index in [0.29, 0.717) is 11.3 Å². The topological polar surface area (TPSA) is 72.3 Å². The van der Waals surface area contributed by atoms with E-state index in [4.69, 9.17) is 11.5 Å². The number of primary amides is 1. The van der Waals surface area contributed by atoms with Crippen LogP contribution in [0.2, 0.25) is 0 Å². The fraction of sp³-hybridized carbons (Fsp3) is 0.188. The summed E-state index contributed by atoms with van der Waals surface area (Å²) in [5.74, 6) is -0.475. The van der Waals surface area contributed by atoms with Crippen LogP contribution in [0.4, 0.5) is 17.1 Å². The van der Waals surface area contributed by atoms with Gasteiger partial charge in [-0.3, -0.25) is 4.79 Å². The monoisotopic (exact) mass is 269 g/mol. The molecule has 0 saturated carbocycles. The quantitative estimate of drug-likeness (QED) is 0.841. The van der Waals surface area contributed by atoms with E-state index in [0.717, 1.165) is 11.4 Å². The number of nitrogens with zero attached hydrogens (tertiary/aromatic N) is 1. The number of rotatable bonds is 3. The van der Waals surface area contributed by atoms with Crippen LogP contribution in [0.1, 0.15) is 21.5 Å². The Morgan fingerprint density at radius 1 is 1.05 bits per heavy atom. The van der Waals surface area contributed by atoms with E-state index in [1.165, 1.54) is 11.1 Å². The van der Waals surface area contributed by atoms with Gasteiger partial charge in [-0.05, 0) is 43.7 Å². The van der Waals surface area contributed by atoms with E-state index in [9.17, 15) is 4.79 Å². The molecule has 0 unspecified atom stereocenters. The van der Waals surface area contributed by atoms with Crippen molar-refractivity contribution in [3.63, 3.8) is 0 Å². The predicted octanol–water partition coefficient (Wildman–Crippen LogP) is 2.75. The van der Waals surface area contributed by atoms with Crippen molar-refractivity contribution in [1.82, 2.24) is 0 Å². The number of carbonyl (C=O) groups is 1. The van der Waals surface area contributed by atoms with Crippen LogP contribution >= 0.6 is 0 Å². The molecule has 20 heavy (non-hydrogen) atoms. The summed E-state index contributed by atoms with van der Waals surface area (Å²) in [5, 5.41) is 0. The third-order valence-electron chi connectivity index (χ3n) is 3.39. The molecule has 0 aromatic heterocycles. The van der Waals surface area contributed by atoms with Crippen molar-refractivity contribution >= 4 is 23.0 Å². The molecule has 1 amide bonds. The Hall–Kier alpha value is -2.49. The van der Waals surface area contributed by atoms with E-state index in [2.05, 4.69) is 32.0 Å². The van der Waals surface area contributed by atoms with E-state index < -0.39 is 5.91 Å². The van der Waals surface area contributed by atoms with Crippen LogP contribution < -0.4 is 16.4 Å². The second-order valence-corrected chi connectivity index (χ2v) is 4.99. The van der Waals surface area contributed by atoms with Crippen molar-refractivity contribution in [2.45, 2.75) is 13.8 Å². The molecule has 0 heterocycles. The van der Waals surface area contributed by atoms with Gasteiger partial charge >= 0.3 is 0 Å². The molecule has 2 rings (SSSR count). The fourth-order valence-corrected chi connectivity index (χ4v) is 2.32. The van der Waals surface area contributed by atoms with Crippen LogP contribution in [0.3, 0.4) is 0 Å². The van der Waals surface area contributed by atoms with Crippen LogP contribution in [0.5, 0.6) is 0 Å². The average Bonchev–Trinajstić information content (AvgIpc) is 2.37. The molecule has 4 nitrogen and oxygen atoms in total. The summed E-state index contributed by atoms with van der Waals surface area (Å²) in [7, 11) is 1.95. The summed E-state index contributed by atoms with van der Waals surface area (Å²) >= 11 is 0. The summed E-state index contributed by atoms with van der Waals surface area (Å²) in [4.78, 5) is 13.2. The molecule has 2 aromatic carbocycles. The van der Waals surface area contributed by atoms with E-state index >= 15 is 0 Å². The Labute approximate surface area is 119 Å². The first-order chi connectivity index (χ1) is 9.40. The molecule has 104 valence electrons. The maximum absolute atomic E-state index is 11.1. The minimum absolute atomic E-state index is 0.417. The highest BCUT2D eigenvalue weighted by atomic mass is 16.1. The van der Waals surface area contributed by atoms with Crippen molar-refractivity contribution in [3.05, 3.63) is 53.1 Å². The van der Waals surface area contributed by atoms with Gasteiger partial charge < -0.3 is 16.4 Å². The maximum atomic E-state index is 11.1. The zero-order valence-corrected chi connectivity index (χ0v) is 12.0. The Morgan fingerprint density at radius 2 is 1.70 bits per heavy atom. The van der Waals surface area contributed by atoms with Gasteiger partial charge in [0, 0.05) is 18.3 Å². The molecular formula is C16H19N3O. The molecule has 0 bridgehead atoms. The van der Waals surface area contributed by atoms with Gasteiger partial charge in [0.1, 0.15) is 0 Å².